The molecule has 0 unspecified atom stereocenters. The molecular formula is C22H27N5OS. The number of anilines is 1. The van der Waals surface area contributed by atoms with E-state index in [-0.39, 0.29) is 5.54 Å². The number of rotatable bonds is 3. The van der Waals surface area contributed by atoms with Gasteiger partial charge in [0.25, 0.3) is 0 Å². The molecule has 152 valence electrons. The third-order valence-electron chi connectivity index (χ3n) is 5.51. The van der Waals surface area contributed by atoms with E-state index in [0.717, 1.165) is 59.2 Å². The Morgan fingerprint density at radius 3 is 2.76 bits per heavy atom. The lowest BCUT2D eigenvalue weighted by atomic mass is 10.0. The van der Waals surface area contributed by atoms with E-state index >= 15 is 0 Å². The van der Waals surface area contributed by atoms with E-state index < -0.39 is 0 Å². The zero-order chi connectivity index (χ0) is 20.0. The topological polar surface area (TPSA) is 66.1 Å². The Labute approximate surface area is 175 Å². The summed E-state index contributed by atoms with van der Waals surface area (Å²) in [4.78, 5) is 8.61. The number of nitrogens with zero attached hydrogens (tertiary/aromatic N) is 3. The third-order valence-corrected chi connectivity index (χ3v) is 6.70. The first kappa shape index (κ1) is 18.6. The van der Waals surface area contributed by atoms with E-state index in [1.165, 1.54) is 4.88 Å². The van der Waals surface area contributed by atoms with Crippen LogP contribution < -0.4 is 15.0 Å². The number of hydrogen-bond acceptors (Lipinski definition) is 6. The molecule has 2 aromatic heterocycles. The first-order chi connectivity index (χ1) is 14.0. The second-order valence-electron chi connectivity index (χ2n) is 8.91. The molecule has 0 spiro atoms. The van der Waals surface area contributed by atoms with E-state index in [1.54, 1.807) is 11.3 Å². The number of H-pyrrole nitrogens is 1. The van der Waals surface area contributed by atoms with Gasteiger partial charge in [-0.2, -0.15) is 5.10 Å². The van der Waals surface area contributed by atoms with Crippen LogP contribution in [0.15, 0.2) is 30.6 Å². The van der Waals surface area contributed by atoms with Crippen LogP contribution in [0.25, 0.3) is 21.6 Å². The fourth-order valence-electron chi connectivity index (χ4n) is 4.17. The Balaban J connectivity index is 1.35. The maximum Gasteiger partial charge on any atom is 0.186 e. The van der Waals surface area contributed by atoms with Gasteiger partial charge in [-0.15, -0.1) is 0 Å². The monoisotopic (exact) mass is 409 g/mol. The Morgan fingerprint density at radius 1 is 1.21 bits per heavy atom. The van der Waals surface area contributed by atoms with Crippen molar-refractivity contribution < 1.29 is 4.74 Å². The standard InChI is InChI=1S/C22H27N5OS/c1-22(2,3)26-16-6-8-27(9-7-16)21-25-18-13-28-19-10-14(15-11-23-24-12-15)4-5-17(19)20(18)29-21/h4-5,10-12,16,26H,6-9,13H2,1-3H3,(H,23,24). The van der Waals surface area contributed by atoms with E-state index in [9.17, 15) is 0 Å². The highest BCUT2D eigenvalue weighted by atomic mass is 32.1. The van der Waals surface area contributed by atoms with Gasteiger partial charge in [-0.25, -0.2) is 4.98 Å². The average molecular weight is 410 g/mol. The molecule has 5 rings (SSSR count). The highest BCUT2D eigenvalue weighted by Gasteiger charge is 2.28. The minimum atomic E-state index is 0.170. The van der Waals surface area contributed by atoms with Crippen molar-refractivity contribution in [1.82, 2.24) is 20.5 Å². The van der Waals surface area contributed by atoms with Gasteiger partial charge < -0.3 is 15.0 Å². The summed E-state index contributed by atoms with van der Waals surface area (Å²) >= 11 is 1.80. The molecule has 1 saturated heterocycles. The Bertz CT molecular complexity index is 997. The highest BCUT2D eigenvalue weighted by molar-refractivity contribution is 7.19. The number of fused-ring (bicyclic) bond motifs is 3. The predicted molar refractivity (Wildman–Crippen MR) is 118 cm³/mol. The Morgan fingerprint density at radius 2 is 2.03 bits per heavy atom. The van der Waals surface area contributed by atoms with Crippen molar-refractivity contribution in [3.8, 4) is 27.3 Å². The maximum absolute atomic E-state index is 6.05. The van der Waals surface area contributed by atoms with Gasteiger partial charge >= 0.3 is 0 Å². The van der Waals surface area contributed by atoms with Crippen molar-refractivity contribution in [3.05, 3.63) is 36.3 Å². The Hall–Kier alpha value is -2.38. The number of nitrogens with one attached hydrogen (secondary N) is 2. The number of thiazole rings is 1. The number of aromatic amines is 1. The summed E-state index contributed by atoms with van der Waals surface area (Å²) in [5.41, 5.74) is 4.55. The maximum atomic E-state index is 6.05. The zero-order valence-electron chi connectivity index (χ0n) is 17.2. The second-order valence-corrected chi connectivity index (χ2v) is 9.89. The molecular weight excluding hydrogens is 382 g/mol. The number of hydrogen-bond donors (Lipinski definition) is 2. The summed E-state index contributed by atoms with van der Waals surface area (Å²) in [5.74, 6) is 0.930. The summed E-state index contributed by atoms with van der Waals surface area (Å²) < 4.78 is 6.05. The molecule has 3 aromatic rings. The molecule has 6 nitrogen and oxygen atoms in total. The molecule has 0 saturated carbocycles. The van der Waals surface area contributed by atoms with Crippen molar-refractivity contribution in [2.24, 2.45) is 0 Å². The van der Waals surface area contributed by atoms with Crippen LogP contribution in [-0.4, -0.2) is 39.9 Å². The van der Waals surface area contributed by atoms with E-state index in [2.05, 4.69) is 59.4 Å². The van der Waals surface area contributed by atoms with Crippen molar-refractivity contribution in [2.75, 3.05) is 18.0 Å². The normalized spacial score (nSPS) is 17.0. The van der Waals surface area contributed by atoms with Gasteiger partial charge in [0.1, 0.15) is 12.4 Å². The second kappa shape index (κ2) is 7.15. The molecule has 2 aliphatic rings. The molecule has 29 heavy (non-hydrogen) atoms. The molecule has 0 aliphatic carbocycles. The quantitative estimate of drug-likeness (QED) is 0.669. The number of benzene rings is 1. The van der Waals surface area contributed by atoms with Crippen LogP contribution >= 0.6 is 11.3 Å². The molecule has 0 bridgehead atoms. The largest absolute Gasteiger partial charge is 0.487 e. The van der Waals surface area contributed by atoms with Crippen LogP contribution in [0.4, 0.5) is 5.13 Å². The summed E-state index contributed by atoms with van der Waals surface area (Å²) in [6, 6.07) is 6.97. The number of ether oxygens (including phenoxy) is 1. The molecule has 4 heterocycles. The first-order valence-electron chi connectivity index (χ1n) is 10.2. The smallest absolute Gasteiger partial charge is 0.186 e. The van der Waals surface area contributed by atoms with Gasteiger partial charge in [0, 0.05) is 42.0 Å². The minimum Gasteiger partial charge on any atom is -0.487 e. The minimum absolute atomic E-state index is 0.170. The van der Waals surface area contributed by atoms with Crippen molar-refractivity contribution in [3.63, 3.8) is 0 Å². The third kappa shape index (κ3) is 3.76. The average Bonchev–Trinajstić information content (AvgIpc) is 3.37. The molecule has 1 fully saturated rings. The number of piperidine rings is 1. The molecule has 1 aromatic carbocycles. The van der Waals surface area contributed by atoms with Gasteiger partial charge in [0.2, 0.25) is 0 Å². The lowest BCUT2D eigenvalue weighted by molar-refractivity contribution is 0.298. The molecule has 7 heteroatoms. The lowest BCUT2D eigenvalue weighted by Crippen LogP contribution is -2.49. The van der Waals surface area contributed by atoms with Crippen molar-refractivity contribution >= 4 is 16.5 Å². The van der Waals surface area contributed by atoms with Crippen LogP contribution in [0, 0.1) is 0 Å². The van der Waals surface area contributed by atoms with Crippen molar-refractivity contribution in [1.29, 1.82) is 0 Å². The molecule has 0 radical (unpaired) electrons. The highest BCUT2D eigenvalue weighted by Crippen LogP contribution is 2.45. The van der Waals surface area contributed by atoms with Gasteiger partial charge in [-0.3, -0.25) is 5.10 Å². The molecule has 0 atom stereocenters. The molecule has 0 amide bonds. The van der Waals surface area contributed by atoms with Gasteiger partial charge in [0.05, 0.1) is 16.8 Å². The van der Waals surface area contributed by atoms with Crippen molar-refractivity contribution in [2.45, 2.75) is 51.8 Å². The summed E-state index contributed by atoms with van der Waals surface area (Å²) in [7, 11) is 0. The predicted octanol–water partition coefficient (Wildman–Crippen LogP) is 4.45. The summed E-state index contributed by atoms with van der Waals surface area (Å²) in [5, 5.41) is 11.8. The first-order valence-corrected chi connectivity index (χ1v) is 11.1. The Kier molecular flexibility index (Phi) is 4.59. The van der Waals surface area contributed by atoms with Crippen LogP contribution in [0.2, 0.25) is 0 Å². The van der Waals surface area contributed by atoms with Crippen LogP contribution in [0.5, 0.6) is 5.75 Å². The van der Waals surface area contributed by atoms with E-state index in [1.807, 2.05) is 12.4 Å². The van der Waals surface area contributed by atoms with Crippen LogP contribution in [0.1, 0.15) is 39.3 Å². The molecule has 2 N–H and O–H groups in total. The SMILES string of the molecule is CC(C)(C)NC1CCN(c2nc3c(s2)-c2ccc(-c4cn[nH]c4)cc2OC3)CC1. The van der Waals surface area contributed by atoms with Gasteiger partial charge in [-0.1, -0.05) is 17.4 Å². The van der Waals surface area contributed by atoms with Crippen LogP contribution in [-0.2, 0) is 6.61 Å². The van der Waals surface area contributed by atoms with E-state index in [4.69, 9.17) is 9.72 Å². The van der Waals surface area contributed by atoms with Crippen LogP contribution in [0.3, 0.4) is 0 Å². The number of aromatic nitrogens is 3. The fraction of sp³-hybridized carbons (Fsp3) is 0.455. The van der Waals surface area contributed by atoms with Gasteiger partial charge in [-0.05, 0) is 51.3 Å². The van der Waals surface area contributed by atoms with Gasteiger partial charge in [0.15, 0.2) is 5.13 Å². The van der Waals surface area contributed by atoms with E-state index in [0.29, 0.717) is 12.6 Å². The summed E-state index contributed by atoms with van der Waals surface area (Å²) in [6.07, 6.45) is 6.04. The summed E-state index contributed by atoms with van der Waals surface area (Å²) in [6.45, 7) is 9.35. The zero-order valence-corrected chi connectivity index (χ0v) is 18.0. The molecule has 2 aliphatic heterocycles. The lowest BCUT2D eigenvalue weighted by Gasteiger charge is -2.36. The fourth-order valence-corrected chi connectivity index (χ4v) is 5.33.